The zero-order valence-corrected chi connectivity index (χ0v) is 10.5. The number of aryl methyl sites for hydroxylation is 1. The molecule has 2 heterocycles. The summed E-state index contributed by atoms with van der Waals surface area (Å²) in [5.41, 5.74) is 3.38. The molecule has 2 aromatic rings. The van der Waals surface area contributed by atoms with Crippen LogP contribution < -0.4 is 5.32 Å². The number of ether oxygens (including phenoxy) is 1. The lowest BCUT2D eigenvalue weighted by Gasteiger charge is -2.24. The largest absolute Gasteiger partial charge is 0.371 e. The highest BCUT2D eigenvalue weighted by Crippen LogP contribution is 2.30. The quantitative estimate of drug-likeness (QED) is 0.817. The van der Waals surface area contributed by atoms with Crippen molar-refractivity contribution in [2.45, 2.75) is 13.0 Å². The van der Waals surface area contributed by atoms with Crippen LogP contribution in [-0.2, 0) is 4.74 Å². The number of H-pyrrole nitrogens is 1. The number of halogens is 1. The van der Waals surface area contributed by atoms with Gasteiger partial charge in [-0.3, -0.25) is 0 Å². The first-order valence-electron chi connectivity index (χ1n) is 5.85. The number of morpholine rings is 1. The van der Waals surface area contributed by atoms with Crippen molar-refractivity contribution < 1.29 is 4.74 Å². The summed E-state index contributed by atoms with van der Waals surface area (Å²) < 4.78 is 5.75. The van der Waals surface area contributed by atoms with E-state index >= 15 is 0 Å². The highest BCUT2D eigenvalue weighted by atomic mass is 35.5. The monoisotopic (exact) mass is 250 g/mol. The number of fused-ring (bicyclic) bond motifs is 1. The number of nitrogens with one attached hydrogen (secondary N) is 2. The van der Waals surface area contributed by atoms with Gasteiger partial charge in [0.25, 0.3) is 0 Å². The highest BCUT2D eigenvalue weighted by Gasteiger charge is 2.17. The van der Waals surface area contributed by atoms with Gasteiger partial charge in [0, 0.05) is 24.7 Å². The molecule has 1 unspecified atom stereocenters. The molecule has 0 aliphatic carbocycles. The van der Waals surface area contributed by atoms with Crippen LogP contribution in [0.5, 0.6) is 0 Å². The van der Waals surface area contributed by atoms with Gasteiger partial charge in [0.05, 0.1) is 23.3 Å². The number of hydrogen-bond donors (Lipinski definition) is 2. The molecule has 90 valence electrons. The Labute approximate surface area is 105 Å². The molecular weight excluding hydrogens is 236 g/mol. The van der Waals surface area contributed by atoms with E-state index in [1.54, 1.807) is 0 Å². The van der Waals surface area contributed by atoms with Gasteiger partial charge in [-0.25, -0.2) is 0 Å². The molecule has 0 radical (unpaired) electrons. The van der Waals surface area contributed by atoms with E-state index in [-0.39, 0.29) is 6.10 Å². The van der Waals surface area contributed by atoms with E-state index in [4.69, 9.17) is 16.3 Å². The molecule has 1 saturated heterocycles. The van der Waals surface area contributed by atoms with Gasteiger partial charge in [0.15, 0.2) is 0 Å². The van der Waals surface area contributed by atoms with Crippen LogP contribution in [-0.4, -0.2) is 24.7 Å². The van der Waals surface area contributed by atoms with Crippen molar-refractivity contribution in [3.05, 3.63) is 34.5 Å². The Balaban J connectivity index is 2.07. The van der Waals surface area contributed by atoms with Gasteiger partial charge in [-0.2, -0.15) is 0 Å². The molecule has 1 aromatic heterocycles. The van der Waals surface area contributed by atoms with Crippen molar-refractivity contribution in [3.63, 3.8) is 0 Å². The summed E-state index contributed by atoms with van der Waals surface area (Å²) in [6.07, 6.45) is 2.10. The van der Waals surface area contributed by atoms with Crippen molar-refractivity contribution in [1.29, 1.82) is 0 Å². The Morgan fingerprint density at radius 3 is 3.06 bits per heavy atom. The molecular formula is C13H15ClN2O. The van der Waals surface area contributed by atoms with Crippen molar-refractivity contribution in [2.75, 3.05) is 19.7 Å². The first-order chi connectivity index (χ1) is 8.25. The maximum absolute atomic E-state index is 6.29. The minimum Gasteiger partial charge on any atom is -0.371 e. The Bertz CT molecular complexity index is 544. The third kappa shape index (κ3) is 1.95. The van der Waals surface area contributed by atoms with Crippen LogP contribution in [0.2, 0.25) is 5.02 Å². The molecule has 1 aromatic carbocycles. The number of hydrogen-bond acceptors (Lipinski definition) is 2. The smallest absolute Gasteiger partial charge is 0.0950 e. The average molecular weight is 251 g/mol. The van der Waals surface area contributed by atoms with E-state index in [2.05, 4.69) is 23.3 Å². The fraction of sp³-hybridized carbons (Fsp3) is 0.385. The van der Waals surface area contributed by atoms with Crippen LogP contribution in [0.25, 0.3) is 10.9 Å². The van der Waals surface area contributed by atoms with Crippen molar-refractivity contribution >= 4 is 22.5 Å². The summed E-state index contributed by atoms with van der Waals surface area (Å²) in [6.45, 7) is 4.62. The third-order valence-corrected chi connectivity index (χ3v) is 3.57. The zero-order chi connectivity index (χ0) is 11.8. The number of rotatable bonds is 1. The minimum atomic E-state index is 0.111. The zero-order valence-electron chi connectivity index (χ0n) is 9.72. The molecule has 2 N–H and O–H groups in total. The molecule has 4 heteroatoms. The first kappa shape index (κ1) is 11.1. The standard InChI is InChI=1S/C13H15ClN2O/c1-8-6-16-13-10(8)4-9(5-11(13)14)12-7-15-2-3-17-12/h4-6,12,15-16H,2-3,7H2,1H3. The maximum atomic E-state index is 6.29. The lowest BCUT2D eigenvalue weighted by atomic mass is 10.0. The topological polar surface area (TPSA) is 37.0 Å². The average Bonchev–Trinajstić information content (AvgIpc) is 2.73. The number of aromatic nitrogens is 1. The molecule has 17 heavy (non-hydrogen) atoms. The van der Waals surface area contributed by atoms with Crippen molar-refractivity contribution in [3.8, 4) is 0 Å². The predicted molar refractivity (Wildman–Crippen MR) is 69.6 cm³/mol. The second-order valence-electron chi connectivity index (χ2n) is 4.46. The van der Waals surface area contributed by atoms with Gasteiger partial charge in [-0.05, 0) is 30.2 Å². The van der Waals surface area contributed by atoms with Crippen LogP contribution in [0.4, 0.5) is 0 Å². The summed E-state index contributed by atoms with van der Waals surface area (Å²) >= 11 is 6.29. The van der Waals surface area contributed by atoms with Gasteiger partial charge >= 0.3 is 0 Å². The van der Waals surface area contributed by atoms with Crippen molar-refractivity contribution in [1.82, 2.24) is 10.3 Å². The van der Waals surface area contributed by atoms with Crippen LogP contribution in [0, 0.1) is 6.92 Å². The highest BCUT2D eigenvalue weighted by molar-refractivity contribution is 6.35. The molecule has 1 fully saturated rings. The summed E-state index contributed by atoms with van der Waals surface area (Å²) in [5.74, 6) is 0. The molecule has 0 spiro atoms. The molecule has 3 rings (SSSR count). The lowest BCUT2D eigenvalue weighted by Crippen LogP contribution is -2.33. The summed E-state index contributed by atoms with van der Waals surface area (Å²) in [5, 5.41) is 5.28. The van der Waals surface area contributed by atoms with E-state index in [9.17, 15) is 0 Å². The molecule has 0 amide bonds. The molecule has 0 saturated carbocycles. The predicted octanol–water partition coefficient (Wildman–Crippen LogP) is 2.79. The Hall–Kier alpha value is -1.03. The Kier molecular flexibility index (Phi) is 2.82. The Morgan fingerprint density at radius 2 is 2.29 bits per heavy atom. The second-order valence-corrected chi connectivity index (χ2v) is 4.87. The molecule has 1 atom stereocenters. The van der Waals surface area contributed by atoms with E-state index in [0.717, 1.165) is 35.8 Å². The minimum absolute atomic E-state index is 0.111. The fourth-order valence-electron chi connectivity index (χ4n) is 2.31. The summed E-state index contributed by atoms with van der Waals surface area (Å²) in [4.78, 5) is 3.20. The number of benzene rings is 1. The molecule has 0 bridgehead atoms. The van der Waals surface area contributed by atoms with Gasteiger partial charge in [0.1, 0.15) is 0 Å². The van der Waals surface area contributed by atoms with Crippen LogP contribution in [0.15, 0.2) is 18.3 Å². The van der Waals surface area contributed by atoms with Gasteiger partial charge in [-0.1, -0.05) is 11.6 Å². The van der Waals surface area contributed by atoms with E-state index < -0.39 is 0 Å². The number of aromatic amines is 1. The third-order valence-electron chi connectivity index (χ3n) is 3.27. The van der Waals surface area contributed by atoms with Crippen LogP contribution in [0.1, 0.15) is 17.2 Å². The molecule has 1 aliphatic heterocycles. The van der Waals surface area contributed by atoms with Crippen molar-refractivity contribution in [2.24, 2.45) is 0 Å². The Morgan fingerprint density at radius 1 is 1.41 bits per heavy atom. The fourth-order valence-corrected chi connectivity index (χ4v) is 2.59. The van der Waals surface area contributed by atoms with Crippen LogP contribution in [0.3, 0.4) is 0 Å². The normalized spacial score (nSPS) is 20.9. The van der Waals surface area contributed by atoms with Gasteiger partial charge in [0.2, 0.25) is 0 Å². The van der Waals surface area contributed by atoms with E-state index in [0.29, 0.717) is 0 Å². The summed E-state index contributed by atoms with van der Waals surface area (Å²) in [7, 11) is 0. The SMILES string of the molecule is Cc1c[nH]c2c(Cl)cc(C3CNCCO3)cc12. The molecule has 3 nitrogen and oxygen atoms in total. The summed E-state index contributed by atoms with van der Waals surface area (Å²) in [6, 6.07) is 4.17. The van der Waals surface area contributed by atoms with Gasteiger partial charge in [-0.15, -0.1) is 0 Å². The molecule has 1 aliphatic rings. The second kappa shape index (κ2) is 4.33. The lowest BCUT2D eigenvalue weighted by molar-refractivity contribution is 0.0278. The van der Waals surface area contributed by atoms with E-state index in [1.165, 1.54) is 10.9 Å². The van der Waals surface area contributed by atoms with Gasteiger partial charge < -0.3 is 15.0 Å². The maximum Gasteiger partial charge on any atom is 0.0950 e. The van der Waals surface area contributed by atoms with Crippen LogP contribution >= 0.6 is 11.6 Å². The first-order valence-corrected chi connectivity index (χ1v) is 6.23. The van der Waals surface area contributed by atoms with E-state index in [1.807, 2.05) is 12.3 Å².